The van der Waals surface area contributed by atoms with Crippen molar-refractivity contribution in [2.75, 3.05) is 6.61 Å². The summed E-state index contributed by atoms with van der Waals surface area (Å²) in [6, 6.07) is 20.5. The van der Waals surface area contributed by atoms with Crippen molar-refractivity contribution < 1.29 is 9.53 Å². The number of ether oxygens (including phenoxy) is 1. The Labute approximate surface area is 165 Å². The van der Waals surface area contributed by atoms with Gasteiger partial charge in [-0.25, -0.2) is 0 Å². The molecule has 0 spiro atoms. The van der Waals surface area contributed by atoms with Crippen LogP contribution in [0.1, 0.15) is 12.5 Å². The van der Waals surface area contributed by atoms with Crippen LogP contribution in [0, 0.1) is 23.7 Å². The summed E-state index contributed by atoms with van der Waals surface area (Å²) < 4.78 is 5.97. The fourth-order valence-corrected chi connectivity index (χ4v) is 5.50. The molecule has 0 radical (unpaired) electrons. The van der Waals surface area contributed by atoms with Crippen LogP contribution in [0.5, 0.6) is 0 Å². The van der Waals surface area contributed by atoms with E-state index in [9.17, 15) is 4.79 Å². The van der Waals surface area contributed by atoms with Gasteiger partial charge in [-0.15, -0.1) is 11.8 Å². The zero-order chi connectivity index (χ0) is 18.6. The Morgan fingerprint density at radius 2 is 1.70 bits per heavy atom. The second-order valence-corrected chi connectivity index (χ2v) is 8.59. The van der Waals surface area contributed by atoms with Gasteiger partial charge in [0.1, 0.15) is 0 Å². The molecule has 1 saturated heterocycles. The number of amides is 1. The minimum atomic E-state index is -0.0121. The van der Waals surface area contributed by atoms with Gasteiger partial charge in [-0.3, -0.25) is 4.79 Å². The van der Waals surface area contributed by atoms with E-state index in [1.165, 1.54) is 4.90 Å². The molecule has 1 aliphatic carbocycles. The lowest BCUT2D eigenvalue weighted by Gasteiger charge is -2.33. The molecule has 1 aliphatic heterocycles. The van der Waals surface area contributed by atoms with Gasteiger partial charge in [0, 0.05) is 16.7 Å². The third-order valence-corrected chi connectivity index (χ3v) is 6.74. The number of benzene rings is 2. The van der Waals surface area contributed by atoms with Gasteiger partial charge in [-0.05, 0) is 23.6 Å². The van der Waals surface area contributed by atoms with Crippen molar-refractivity contribution in [3.8, 4) is 0 Å². The van der Waals surface area contributed by atoms with Crippen LogP contribution in [0.15, 0.2) is 77.7 Å². The molecule has 1 fully saturated rings. The molecular formula is C23H25NO2S. The first-order valence-corrected chi connectivity index (χ1v) is 10.4. The standard InChI is InChI=1S/C23H25NO2S/c1-16-12-13-18(15-26-14-17-8-4-2-5-9-17)21-20(16)23(24-22(21)25)27-19-10-6-3-7-11-19/h2-13,16,18,20-21,23H,14-15H2,1H3,(H,24,25)/t16-,18-,20-,21+,23+/m1/s1. The third-order valence-electron chi connectivity index (χ3n) is 5.51. The average Bonchev–Trinajstić information content (AvgIpc) is 3.02. The zero-order valence-corrected chi connectivity index (χ0v) is 16.3. The van der Waals surface area contributed by atoms with Crippen LogP contribution in [0.25, 0.3) is 0 Å². The Morgan fingerprint density at radius 3 is 2.44 bits per heavy atom. The Kier molecular flexibility index (Phi) is 5.65. The summed E-state index contributed by atoms with van der Waals surface area (Å²) in [6.07, 6.45) is 4.45. The first-order chi connectivity index (χ1) is 13.2. The number of thioether (sulfide) groups is 1. The summed E-state index contributed by atoms with van der Waals surface area (Å²) in [7, 11) is 0. The van der Waals surface area contributed by atoms with Crippen molar-refractivity contribution in [3.63, 3.8) is 0 Å². The van der Waals surface area contributed by atoms with E-state index in [1.54, 1.807) is 11.8 Å². The van der Waals surface area contributed by atoms with Crippen LogP contribution < -0.4 is 5.32 Å². The second kappa shape index (κ2) is 8.32. The van der Waals surface area contributed by atoms with Crippen LogP contribution in [0.2, 0.25) is 0 Å². The Bertz CT molecular complexity index is 793. The molecule has 0 unspecified atom stereocenters. The number of allylic oxidation sites excluding steroid dienone is 1. The van der Waals surface area contributed by atoms with E-state index in [1.807, 2.05) is 36.4 Å². The third kappa shape index (κ3) is 4.12. The zero-order valence-electron chi connectivity index (χ0n) is 15.5. The van der Waals surface area contributed by atoms with Gasteiger partial charge >= 0.3 is 0 Å². The maximum Gasteiger partial charge on any atom is 0.225 e. The van der Waals surface area contributed by atoms with Gasteiger partial charge in [-0.1, -0.05) is 67.6 Å². The molecule has 0 bridgehead atoms. The van der Waals surface area contributed by atoms with Crippen LogP contribution in [-0.2, 0) is 16.1 Å². The van der Waals surface area contributed by atoms with Gasteiger partial charge in [0.25, 0.3) is 0 Å². The highest BCUT2D eigenvalue weighted by atomic mass is 32.2. The molecule has 2 aromatic carbocycles. The lowest BCUT2D eigenvalue weighted by Crippen LogP contribution is -2.35. The van der Waals surface area contributed by atoms with E-state index in [0.717, 1.165) is 5.56 Å². The fraction of sp³-hybridized carbons (Fsp3) is 0.348. The van der Waals surface area contributed by atoms with Crippen molar-refractivity contribution in [1.29, 1.82) is 0 Å². The molecule has 1 amide bonds. The lowest BCUT2D eigenvalue weighted by molar-refractivity contribution is -0.125. The summed E-state index contributed by atoms with van der Waals surface area (Å²) in [5.74, 6) is 0.954. The van der Waals surface area contributed by atoms with Crippen molar-refractivity contribution in [3.05, 3.63) is 78.4 Å². The van der Waals surface area contributed by atoms with Gasteiger partial charge in [-0.2, -0.15) is 0 Å². The maximum atomic E-state index is 12.8. The summed E-state index contributed by atoms with van der Waals surface area (Å²) in [5, 5.41) is 3.35. The monoisotopic (exact) mass is 379 g/mol. The number of carbonyl (C=O) groups excluding carboxylic acids is 1. The van der Waals surface area contributed by atoms with Crippen LogP contribution >= 0.6 is 11.8 Å². The first kappa shape index (κ1) is 18.3. The highest BCUT2D eigenvalue weighted by molar-refractivity contribution is 8.00. The van der Waals surface area contributed by atoms with Crippen LogP contribution in [0.3, 0.4) is 0 Å². The molecule has 2 aliphatic rings. The molecule has 140 valence electrons. The number of rotatable bonds is 6. The number of hydrogen-bond acceptors (Lipinski definition) is 3. The maximum absolute atomic E-state index is 12.8. The Morgan fingerprint density at radius 1 is 1.00 bits per heavy atom. The summed E-state index contributed by atoms with van der Waals surface area (Å²) in [4.78, 5) is 14.0. The van der Waals surface area contributed by atoms with E-state index in [0.29, 0.717) is 19.1 Å². The van der Waals surface area contributed by atoms with E-state index < -0.39 is 0 Å². The van der Waals surface area contributed by atoms with Gasteiger partial charge in [0.2, 0.25) is 5.91 Å². The average molecular weight is 380 g/mol. The smallest absolute Gasteiger partial charge is 0.225 e. The quantitative estimate of drug-likeness (QED) is 0.751. The molecule has 3 nitrogen and oxygen atoms in total. The van der Waals surface area contributed by atoms with Crippen molar-refractivity contribution in [2.45, 2.75) is 23.8 Å². The predicted molar refractivity (Wildman–Crippen MR) is 109 cm³/mol. The summed E-state index contributed by atoms with van der Waals surface area (Å²) in [5.41, 5.74) is 1.16. The summed E-state index contributed by atoms with van der Waals surface area (Å²) in [6.45, 7) is 3.38. The molecule has 1 N–H and O–H groups in total. The molecule has 27 heavy (non-hydrogen) atoms. The highest BCUT2D eigenvalue weighted by Gasteiger charge is 2.49. The highest BCUT2D eigenvalue weighted by Crippen LogP contribution is 2.45. The molecule has 0 aromatic heterocycles. The van der Waals surface area contributed by atoms with E-state index in [-0.39, 0.29) is 29.0 Å². The number of carbonyl (C=O) groups is 1. The van der Waals surface area contributed by atoms with E-state index in [4.69, 9.17) is 4.74 Å². The fourth-order valence-electron chi connectivity index (χ4n) is 4.14. The number of fused-ring (bicyclic) bond motifs is 1. The first-order valence-electron chi connectivity index (χ1n) is 9.54. The molecule has 1 heterocycles. The Hall–Kier alpha value is -2.04. The van der Waals surface area contributed by atoms with Crippen molar-refractivity contribution in [1.82, 2.24) is 5.32 Å². The van der Waals surface area contributed by atoms with Crippen molar-refractivity contribution in [2.24, 2.45) is 23.7 Å². The molecular weight excluding hydrogens is 354 g/mol. The second-order valence-electron chi connectivity index (χ2n) is 7.37. The molecule has 4 rings (SSSR count). The minimum Gasteiger partial charge on any atom is -0.376 e. The normalized spacial score (nSPS) is 29.4. The van der Waals surface area contributed by atoms with Crippen LogP contribution in [0.4, 0.5) is 0 Å². The Balaban J connectivity index is 1.43. The topological polar surface area (TPSA) is 38.3 Å². The van der Waals surface area contributed by atoms with E-state index in [2.05, 4.69) is 48.7 Å². The molecule has 0 saturated carbocycles. The predicted octanol–water partition coefficient (Wildman–Crippen LogP) is 4.51. The van der Waals surface area contributed by atoms with Crippen LogP contribution in [-0.4, -0.2) is 17.9 Å². The molecule has 5 atom stereocenters. The molecule has 4 heteroatoms. The van der Waals surface area contributed by atoms with Gasteiger partial charge in [0.15, 0.2) is 0 Å². The molecule has 2 aromatic rings. The SMILES string of the molecule is C[C@@H]1C=C[C@H](COCc2ccccc2)[C@@H]2C(=O)N[C@@H](Sc3ccccc3)[C@@H]21. The van der Waals surface area contributed by atoms with Gasteiger partial charge < -0.3 is 10.1 Å². The number of nitrogens with one attached hydrogen (secondary N) is 1. The van der Waals surface area contributed by atoms with Gasteiger partial charge in [0.05, 0.1) is 24.5 Å². The minimum absolute atomic E-state index is 0.0121. The van der Waals surface area contributed by atoms with E-state index >= 15 is 0 Å². The largest absolute Gasteiger partial charge is 0.376 e. The number of hydrogen-bond donors (Lipinski definition) is 1. The van der Waals surface area contributed by atoms with Crippen molar-refractivity contribution >= 4 is 17.7 Å². The summed E-state index contributed by atoms with van der Waals surface area (Å²) >= 11 is 1.76. The lowest BCUT2D eigenvalue weighted by atomic mass is 9.73.